The normalized spacial score (nSPS) is 26.9. The molecule has 2 aliphatic rings. The van der Waals surface area contributed by atoms with Crippen LogP contribution in [0.2, 0.25) is 0 Å². The van der Waals surface area contributed by atoms with Gasteiger partial charge in [0, 0.05) is 32.7 Å². The van der Waals surface area contributed by atoms with Crippen molar-refractivity contribution in [1.29, 1.82) is 0 Å². The highest BCUT2D eigenvalue weighted by atomic mass is 16.5. The van der Waals surface area contributed by atoms with Crippen molar-refractivity contribution in [2.75, 3.05) is 33.9 Å². The largest absolute Gasteiger partial charge is 0.497 e. The van der Waals surface area contributed by atoms with E-state index in [9.17, 15) is 9.59 Å². The molecule has 6 heteroatoms. The summed E-state index contributed by atoms with van der Waals surface area (Å²) in [4.78, 5) is 26.7. The molecule has 1 saturated heterocycles. The van der Waals surface area contributed by atoms with Gasteiger partial charge in [-0.25, -0.2) is 0 Å². The van der Waals surface area contributed by atoms with Gasteiger partial charge in [-0.15, -0.1) is 0 Å². The summed E-state index contributed by atoms with van der Waals surface area (Å²) in [5.41, 5.74) is 0.965. The predicted molar refractivity (Wildman–Crippen MR) is 102 cm³/mol. The Hall–Kier alpha value is -2.08. The fourth-order valence-corrected chi connectivity index (χ4v) is 4.64. The second-order valence-electron chi connectivity index (χ2n) is 7.72. The van der Waals surface area contributed by atoms with E-state index in [2.05, 4.69) is 12.2 Å². The van der Waals surface area contributed by atoms with Gasteiger partial charge in [0.15, 0.2) is 0 Å². The van der Waals surface area contributed by atoms with E-state index < -0.39 is 0 Å². The molecular weight excluding hydrogens is 344 g/mol. The Balaban J connectivity index is 1.53. The summed E-state index contributed by atoms with van der Waals surface area (Å²) >= 11 is 0. The number of hydrogen-bond acceptors (Lipinski definition) is 4. The van der Waals surface area contributed by atoms with Crippen molar-refractivity contribution in [1.82, 2.24) is 10.2 Å². The molecular formula is C21H30N2O4. The maximum atomic E-state index is 12.4. The number of carbonyl (C=O) groups is 2. The first kappa shape index (κ1) is 19.7. The number of likely N-dealkylation sites (tertiary alicyclic amines) is 1. The summed E-state index contributed by atoms with van der Waals surface area (Å²) in [5, 5.41) is 3.09. The third kappa shape index (κ3) is 4.43. The van der Waals surface area contributed by atoms with Crippen molar-refractivity contribution in [3.63, 3.8) is 0 Å². The quantitative estimate of drug-likeness (QED) is 0.754. The van der Waals surface area contributed by atoms with Crippen LogP contribution in [0, 0.1) is 17.8 Å². The van der Waals surface area contributed by atoms with Gasteiger partial charge in [0.05, 0.1) is 20.1 Å². The van der Waals surface area contributed by atoms with Crippen LogP contribution in [0.4, 0.5) is 0 Å². The number of nitrogens with one attached hydrogen (secondary N) is 1. The molecule has 27 heavy (non-hydrogen) atoms. The number of rotatable bonds is 8. The van der Waals surface area contributed by atoms with E-state index in [0.29, 0.717) is 56.3 Å². The molecule has 0 bridgehead atoms. The summed E-state index contributed by atoms with van der Waals surface area (Å²) in [6.45, 7) is 4.12. The number of ether oxygens (including phenoxy) is 2. The van der Waals surface area contributed by atoms with Gasteiger partial charge in [-0.3, -0.25) is 9.59 Å². The monoisotopic (exact) mass is 374 g/mol. The standard InChI is InChI=1S/C21H30N2O4/c1-14-10-19-17(12-21(25)23(19)8-9-26-2)18(14)13-22-20(24)11-15-4-6-16(27-3)7-5-15/h4-7,14,17-19H,8-13H2,1-3H3,(H,22,24)/t14-,17-,18+,19+/m0/s1. The van der Waals surface area contributed by atoms with E-state index in [4.69, 9.17) is 9.47 Å². The zero-order valence-corrected chi connectivity index (χ0v) is 16.4. The predicted octanol–water partition coefficient (Wildman–Crippen LogP) is 1.87. The first-order chi connectivity index (χ1) is 13.0. The lowest BCUT2D eigenvalue weighted by Gasteiger charge is -2.24. The van der Waals surface area contributed by atoms with E-state index >= 15 is 0 Å². The van der Waals surface area contributed by atoms with Crippen LogP contribution in [0.15, 0.2) is 24.3 Å². The molecule has 6 nitrogen and oxygen atoms in total. The molecule has 4 atom stereocenters. The van der Waals surface area contributed by atoms with Crippen LogP contribution in [-0.2, 0) is 20.7 Å². The van der Waals surface area contributed by atoms with Crippen molar-refractivity contribution in [3.8, 4) is 5.75 Å². The van der Waals surface area contributed by atoms with Gasteiger partial charge in [-0.05, 0) is 41.9 Å². The number of methoxy groups -OCH3 is 2. The van der Waals surface area contributed by atoms with Gasteiger partial charge in [-0.2, -0.15) is 0 Å². The summed E-state index contributed by atoms with van der Waals surface area (Å²) in [6.07, 6.45) is 1.97. The lowest BCUT2D eigenvalue weighted by Crippen LogP contribution is -2.37. The second-order valence-corrected chi connectivity index (χ2v) is 7.72. The lowest BCUT2D eigenvalue weighted by atomic mass is 9.88. The van der Waals surface area contributed by atoms with Crippen LogP contribution in [0.25, 0.3) is 0 Å². The second kappa shape index (κ2) is 8.74. The molecule has 0 radical (unpaired) electrons. The Morgan fingerprint density at radius 2 is 2.00 bits per heavy atom. The van der Waals surface area contributed by atoms with Crippen molar-refractivity contribution in [2.24, 2.45) is 17.8 Å². The molecule has 2 fully saturated rings. The number of hydrogen-bond donors (Lipinski definition) is 1. The molecule has 1 aromatic carbocycles. The smallest absolute Gasteiger partial charge is 0.224 e. The van der Waals surface area contributed by atoms with Crippen LogP contribution >= 0.6 is 0 Å². The topological polar surface area (TPSA) is 67.9 Å². The Morgan fingerprint density at radius 3 is 2.67 bits per heavy atom. The molecule has 1 N–H and O–H groups in total. The summed E-state index contributed by atoms with van der Waals surface area (Å²) in [5.74, 6) is 2.23. The molecule has 1 aromatic rings. The van der Waals surface area contributed by atoms with Crippen molar-refractivity contribution in [3.05, 3.63) is 29.8 Å². The molecule has 1 aliphatic heterocycles. The van der Waals surface area contributed by atoms with E-state index in [-0.39, 0.29) is 11.8 Å². The average Bonchev–Trinajstić information content (AvgIpc) is 3.12. The first-order valence-corrected chi connectivity index (χ1v) is 9.71. The minimum absolute atomic E-state index is 0.0244. The zero-order chi connectivity index (χ0) is 19.4. The number of nitrogens with zero attached hydrogens (tertiary/aromatic N) is 1. The zero-order valence-electron chi connectivity index (χ0n) is 16.4. The first-order valence-electron chi connectivity index (χ1n) is 9.71. The number of benzene rings is 1. The molecule has 148 valence electrons. The van der Waals surface area contributed by atoms with Crippen molar-refractivity contribution >= 4 is 11.8 Å². The van der Waals surface area contributed by atoms with Gasteiger partial charge in [0.25, 0.3) is 0 Å². The number of carbonyl (C=O) groups excluding carboxylic acids is 2. The Labute approximate surface area is 161 Å². The Morgan fingerprint density at radius 1 is 1.26 bits per heavy atom. The minimum Gasteiger partial charge on any atom is -0.497 e. The third-order valence-corrected chi connectivity index (χ3v) is 6.11. The SMILES string of the molecule is COCCN1C(=O)C[C@H]2[C@H](CNC(=O)Cc3ccc(OC)cc3)[C@@H](C)C[C@H]21. The fourth-order valence-electron chi connectivity index (χ4n) is 4.64. The summed E-state index contributed by atoms with van der Waals surface area (Å²) in [7, 11) is 3.29. The Bertz CT molecular complexity index is 661. The minimum atomic E-state index is 0.0244. The Kier molecular flexibility index (Phi) is 6.37. The van der Waals surface area contributed by atoms with Crippen LogP contribution in [-0.4, -0.2) is 56.7 Å². The number of amides is 2. The van der Waals surface area contributed by atoms with Crippen LogP contribution in [0.5, 0.6) is 5.75 Å². The van der Waals surface area contributed by atoms with E-state index in [1.54, 1.807) is 14.2 Å². The average molecular weight is 374 g/mol. The highest BCUT2D eigenvalue weighted by Gasteiger charge is 2.50. The van der Waals surface area contributed by atoms with Gasteiger partial charge < -0.3 is 19.7 Å². The van der Waals surface area contributed by atoms with Crippen molar-refractivity contribution < 1.29 is 19.1 Å². The fraction of sp³-hybridized carbons (Fsp3) is 0.619. The molecule has 0 aromatic heterocycles. The highest BCUT2D eigenvalue weighted by molar-refractivity contribution is 5.80. The van der Waals surface area contributed by atoms with Gasteiger partial charge in [-0.1, -0.05) is 19.1 Å². The molecule has 1 aliphatic carbocycles. The third-order valence-electron chi connectivity index (χ3n) is 6.11. The van der Waals surface area contributed by atoms with Crippen LogP contribution < -0.4 is 10.1 Å². The van der Waals surface area contributed by atoms with E-state index in [0.717, 1.165) is 17.7 Å². The van der Waals surface area contributed by atoms with Crippen LogP contribution in [0.3, 0.4) is 0 Å². The van der Waals surface area contributed by atoms with E-state index in [1.807, 2.05) is 29.2 Å². The molecule has 3 rings (SSSR count). The molecule has 0 spiro atoms. The highest BCUT2D eigenvalue weighted by Crippen LogP contribution is 2.45. The van der Waals surface area contributed by atoms with Crippen molar-refractivity contribution in [2.45, 2.75) is 32.2 Å². The van der Waals surface area contributed by atoms with Gasteiger partial charge >= 0.3 is 0 Å². The molecule has 1 saturated carbocycles. The maximum absolute atomic E-state index is 12.4. The summed E-state index contributed by atoms with van der Waals surface area (Å²) < 4.78 is 10.3. The van der Waals surface area contributed by atoms with Crippen LogP contribution in [0.1, 0.15) is 25.3 Å². The lowest BCUT2D eigenvalue weighted by molar-refractivity contribution is -0.129. The number of fused-ring (bicyclic) bond motifs is 1. The van der Waals surface area contributed by atoms with E-state index in [1.165, 1.54) is 0 Å². The summed E-state index contributed by atoms with van der Waals surface area (Å²) in [6, 6.07) is 7.85. The maximum Gasteiger partial charge on any atom is 0.224 e. The molecule has 0 unspecified atom stereocenters. The van der Waals surface area contributed by atoms with Gasteiger partial charge in [0.1, 0.15) is 5.75 Å². The van der Waals surface area contributed by atoms with Gasteiger partial charge in [0.2, 0.25) is 11.8 Å². The molecule has 1 heterocycles. The molecule has 2 amide bonds.